The lowest BCUT2D eigenvalue weighted by Gasteiger charge is -2.27. The molecule has 0 spiro atoms. The van der Waals surface area contributed by atoms with Crippen molar-refractivity contribution in [3.8, 4) is 0 Å². The third-order valence-electron chi connectivity index (χ3n) is 5.27. The van der Waals surface area contributed by atoms with Crippen LogP contribution in [-0.4, -0.2) is 28.3 Å². The first-order valence-corrected chi connectivity index (χ1v) is 8.65. The van der Waals surface area contributed by atoms with E-state index in [4.69, 9.17) is 11.5 Å². The Kier molecular flexibility index (Phi) is 3.76. The molecule has 1 aromatic carbocycles. The number of hydrogen-bond acceptors (Lipinski definition) is 5. The number of anilines is 2. The maximum Gasteiger partial charge on any atom is 0.256 e. The zero-order valence-corrected chi connectivity index (χ0v) is 14.2. The first-order chi connectivity index (χ1) is 12.0. The van der Waals surface area contributed by atoms with Crippen molar-refractivity contribution in [3.05, 3.63) is 40.3 Å². The number of hydrogen-bond donors (Lipinski definition) is 3. The van der Waals surface area contributed by atoms with Crippen LogP contribution in [0.3, 0.4) is 0 Å². The minimum atomic E-state index is -0.456. The number of nitrogen functional groups attached to an aromatic ring is 1. The summed E-state index contributed by atoms with van der Waals surface area (Å²) in [5.74, 6) is -0.590. The number of nitrogens with one attached hydrogen (secondary N) is 1. The minimum Gasteiger partial charge on any atom is -0.385 e. The van der Waals surface area contributed by atoms with Crippen LogP contribution in [0.5, 0.6) is 0 Å². The average molecular weight is 343 g/mol. The van der Waals surface area contributed by atoms with Crippen LogP contribution in [0, 0.1) is 12.7 Å². The second kappa shape index (κ2) is 5.84. The van der Waals surface area contributed by atoms with Crippen molar-refractivity contribution in [2.75, 3.05) is 17.6 Å². The Labute approximate surface area is 145 Å². The Bertz CT molecular complexity index is 860. The molecule has 25 heavy (non-hydrogen) atoms. The third kappa shape index (κ3) is 2.59. The molecular weight excluding hydrogens is 321 g/mol. The van der Waals surface area contributed by atoms with E-state index >= 15 is 0 Å². The van der Waals surface area contributed by atoms with Crippen molar-refractivity contribution < 1.29 is 9.18 Å². The van der Waals surface area contributed by atoms with Crippen LogP contribution in [-0.2, 0) is 12.8 Å². The summed E-state index contributed by atoms with van der Waals surface area (Å²) in [5, 5.41) is 7.71. The highest BCUT2D eigenvalue weighted by atomic mass is 19.1. The van der Waals surface area contributed by atoms with Crippen LogP contribution in [0.4, 0.5) is 15.9 Å². The minimum absolute atomic E-state index is 0.0571. The summed E-state index contributed by atoms with van der Waals surface area (Å²) in [6.07, 6.45) is 2.80. The summed E-state index contributed by atoms with van der Waals surface area (Å²) >= 11 is 0. The normalized spacial score (nSPS) is 22.0. The molecule has 6 nitrogen and oxygen atoms in total. The summed E-state index contributed by atoms with van der Waals surface area (Å²) in [6.45, 7) is 2.49. The molecule has 1 aliphatic heterocycles. The van der Waals surface area contributed by atoms with Gasteiger partial charge in [0.15, 0.2) is 0 Å². The molecule has 0 bridgehead atoms. The Morgan fingerprint density at radius 2 is 2.20 bits per heavy atom. The van der Waals surface area contributed by atoms with Gasteiger partial charge in [0.05, 0.1) is 11.6 Å². The van der Waals surface area contributed by atoms with E-state index < -0.39 is 5.92 Å². The number of carbonyl (C=O) groups is 1. The lowest BCUT2D eigenvalue weighted by Crippen LogP contribution is -2.29. The van der Waals surface area contributed by atoms with Crippen LogP contribution in [0.15, 0.2) is 12.1 Å². The molecule has 0 fully saturated rings. The number of halogens is 1. The van der Waals surface area contributed by atoms with Gasteiger partial charge in [-0.25, -0.2) is 4.39 Å². The zero-order valence-electron chi connectivity index (χ0n) is 14.2. The number of aromatic nitrogens is 2. The van der Waals surface area contributed by atoms with E-state index in [2.05, 4.69) is 10.4 Å². The van der Waals surface area contributed by atoms with E-state index in [1.807, 2.05) is 6.92 Å². The van der Waals surface area contributed by atoms with Gasteiger partial charge in [-0.15, -0.1) is 0 Å². The lowest BCUT2D eigenvalue weighted by atomic mass is 9.88. The Morgan fingerprint density at radius 1 is 1.40 bits per heavy atom. The van der Waals surface area contributed by atoms with Crippen molar-refractivity contribution in [2.45, 2.75) is 44.6 Å². The standard InChI is InChI=1S/C18H22FN5O/c1-9-6-10(19)7-14-12(4-5-22-16(9)14)18(25)24-17(21)13-3-2-11(20)8-15(13)23-24/h6-7,11-12,22H,2-5,8,20-21H2,1H3/t11?,12-/m0/s1. The predicted molar refractivity (Wildman–Crippen MR) is 94.3 cm³/mol. The van der Waals surface area contributed by atoms with E-state index in [0.29, 0.717) is 30.8 Å². The fourth-order valence-corrected chi connectivity index (χ4v) is 3.98. The van der Waals surface area contributed by atoms with Gasteiger partial charge in [0.1, 0.15) is 11.6 Å². The topological polar surface area (TPSA) is 99.0 Å². The van der Waals surface area contributed by atoms with Gasteiger partial charge in [0, 0.05) is 30.3 Å². The molecule has 132 valence electrons. The zero-order chi connectivity index (χ0) is 17.7. The summed E-state index contributed by atoms with van der Waals surface area (Å²) < 4.78 is 15.2. The van der Waals surface area contributed by atoms with Gasteiger partial charge < -0.3 is 16.8 Å². The first kappa shape index (κ1) is 16.1. The Hall–Kier alpha value is -2.41. The number of nitrogens with zero attached hydrogens (tertiary/aromatic N) is 2. The van der Waals surface area contributed by atoms with Gasteiger partial charge in [-0.3, -0.25) is 4.79 Å². The smallest absolute Gasteiger partial charge is 0.256 e. The van der Waals surface area contributed by atoms with E-state index in [1.54, 1.807) is 0 Å². The summed E-state index contributed by atoms with van der Waals surface area (Å²) in [6, 6.07) is 2.97. The molecule has 1 aliphatic carbocycles. The SMILES string of the molecule is Cc1cc(F)cc2c1NCC[C@@H]2C(=O)n1nc2c(c1N)CCC(N)C2. The van der Waals surface area contributed by atoms with E-state index in [1.165, 1.54) is 16.8 Å². The van der Waals surface area contributed by atoms with Gasteiger partial charge in [0.25, 0.3) is 5.91 Å². The monoisotopic (exact) mass is 343 g/mol. The van der Waals surface area contributed by atoms with Crippen LogP contribution < -0.4 is 16.8 Å². The Morgan fingerprint density at radius 3 is 3.00 bits per heavy atom. The molecule has 2 aliphatic rings. The molecule has 2 atom stereocenters. The molecule has 2 aromatic rings. The number of aryl methyl sites for hydroxylation is 1. The molecule has 1 aromatic heterocycles. The molecule has 0 radical (unpaired) electrons. The number of nitrogens with two attached hydrogens (primary N) is 2. The van der Waals surface area contributed by atoms with Crippen molar-refractivity contribution in [3.63, 3.8) is 0 Å². The molecular formula is C18H22FN5O. The fourth-order valence-electron chi connectivity index (χ4n) is 3.98. The van der Waals surface area contributed by atoms with Crippen LogP contribution in [0.25, 0.3) is 0 Å². The van der Waals surface area contributed by atoms with Crippen molar-refractivity contribution >= 4 is 17.4 Å². The van der Waals surface area contributed by atoms with E-state index in [-0.39, 0.29) is 17.8 Å². The molecule has 5 N–H and O–H groups in total. The fraction of sp³-hybridized carbons (Fsp3) is 0.444. The number of rotatable bonds is 1. The number of benzene rings is 1. The first-order valence-electron chi connectivity index (χ1n) is 8.65. The maximum atomic E-state index is 13.9. The van der Waals surface area contributed by atoms with Gasteiger partial charge >= 0.3 is 0 Å². The second-order valence-electron chi connectivity index (χ2n) is 7.02. The molecule has 0 saturated carbocycles. The van der Waals surface area contributed by atoms with Crippen LogP contribution >= 0.6 is 0 Å². The molecule has 2 heterocycles. The van der Waals surface area contributed by atoms with E-state index in [9.17, 15) is 9.18 Å². The molecule has 0 amide bonds. The van der Waals surface area contributed by atoms with Gasteiger partial charge in [-0.05, 0) is 49.4 Å². The van der Waals surface area contributed by atoms with Crippen molar-refractivity contribution in [1.29, 1.82) is 0 Å². The van der Waals surface area contributed by atoms with Crippen LogP contribution in [0.1, 0.15) is 45.9 Å². The molecule has 0 saturated heterocycles. The molecule has 4 rings (SSSR count). The highest BCUT2D eigenvalue weighted by Crippen LogP contribution is 2.36. The average Bonchev–Trinajstić information content (AvgIpc) is 2.89. The van der Waals surface area contributed by atoms with Crippen molar-refractivity contribution in [1.82, 2.24) is 9.78 Å². The highest BCUT2D eigenvalue weighted by molar-refractivity contribution is 5.90. The quantitative estimate of drug-likeness (QED) is 0.735. The maximum absolute atomic E-state index is 13.9. The molecule has 1 unspecified atom stereocenters. The second-order valence-corrected chi connectivity index (χ2v) is 7.02. The van der Waals surface area contributed by atoms with E-state index in [0.717, 1.165) is 35.3 Å². The number of fused-ring (bicyclic) bond motifs is 2. The largest absolute Gasteiger partial charge is 0.385 e. The van der Waals surface area contributed by atoms with Gasteiger partial charge in [-0.2, -0.15) is 9.78 Å². The lowest BCUT2D eigenvalue weighted by molar-refractivity contribution is 0.0859. The van der Waals surface area contributed by atoms with Crippen molar-refractivity contribution in [2.24, 2.45) is 5.73 Å². The Balaban J connectivity index is 1.74. The predicted octanol–water partition coefficient (Wildman–Crippen LogP) is 1.97. The van der Waals surface area contributed by atoms with Gasteiger partial charge in [0.2, 0.25) is 0 Å². The third-order valence-corrected chi connectivity index (χ3v) is 5.27. The summed E-state index contributed by atoms with van der Waals surface area (Å²) in [7, 11) is 0. The number of carbonyl (C=O) groups excluding carboxylic acids is 1. The summed E-state index contributed by atoms with van der Waals surface area (Å²) in [5.41, 5.74) is 16.3. The molecule has 7 heteroatoms. The summed E-state index contributed by atoms with van der Waals surface area (Å²) in [4.78, 5) is 13.1. The highest BCUT2D eigenvalue weighted by Gasteiger charge is 2.32. The van der Waals surface area contributed by atoms with Crippen LogP contribution in [0.2, 0.25) is 0 Å². The van der Waals surface area contributed by atoms with Gasteiger partial charge in [-0.1, -0.05) is 0 Å².